The van der Waals surface area contributed by atoms with E-state index in [0.717, 1.165) is 18.9 Å². The van der Waals surface area contributed by atoms with Gasteiger partial charge in [-0.25, -0.2) is 0 Å². The van der Waals surface area contributed by atoms with Crippen LogP contribution in [-0.4, -0.2) is 12.6 Å². The molecule has 1 N–H and O–H groups in total. The number of nitrogens with one attached hydrogen (secondary N) is 1. The molecule has 0 bridgehead atoms. The fourth-order valence-corrected chi connectivity index (χ4v) is 2.11. The van der Waals surface area contributed by atoms with E-state index in [-0.39, 0.29) is 0 Å². The first-order valence-electron chi connectivity index (χ1n) is 7.03. The first kappa shape index (κ1) is 14.2. The van der Waals surface area contributed by atoms with E-state index < -0.39 is 0 Å². The molecule has 0 amide bonds. The van der Waals surface area contributed by atoms with Crippen molar-refractivity contribution in [3.63, 3.8) is 0 Å². The molecule has 2 unspecified atom stereocenters. The van der Waals surface area contributed by atoms with Gasteiger partial charge in [-0.3, -0.25) is 0 Å². The fourth-order valence-electron chi connectivity index (χ4n) is 2.11. The molecule has 2 atom stereocenters. The normalized spacial score (nSPS) is 14.5. The largest absolute Gasteiger partial charge is 0.314 e. The summed E-state index contributed by atoms with van der Waals surface area (Å²) in [6.45, 7) is 8.00. The zero-order chi connectivity index (χ0) is 12.5. The molecule has 1 nitrogen and oxygen atoms in total. The highest BCUT2D eigenvalue weighted by Gasteiger charge is 2.09. The smallest absolute Gasteiger partial charge is 0.00671 e. The SMILES string of the molecule is CCC(C)CC(CC)NCCc1ccccc1. The average Bonchev–Trinajstić information content (AvgIpc) is 2.38. The molecule has 1 heteroatoms. The molecule has 1 aromatic carbocycles. The Kier molecular flexibility index (Phi) is 6.95. The van der Waals surface area contributed by atoms with Gasteiger partial charge in [0.1, 0.15) is 0 Å². The minimum atomic E-state index is 0.689. The highest BCUT2D eigenvalue weighted by Crippen LogP contribution is 2.12. The molecule has 17 heavy (non-hydrogen) atoms. The summed E-state index contributed by atoms with van der Waals surface area (Å²) in [6, 6.07) is 11.4. The van der Waals surface area contributed by atoms with Crippen LogP contribution in [0.25, 0.3) is 0 Å². The Bertz CT molecular complexity index is 281. The molecule has 0 saturated carbocycles. The molecule has 1 aromatic rings. The summed E-state index contributed by atoms with van der Waals surface area (Å²) in [5.74, 6) is 0.837. The van der Waals surface area contributed by atoms with Gasteiger partial charge >= 0.3 is 0 Å². The van der Waals surface area contributed by atoms with Crippen molar-refractivity contribution in [3.05, 3.63) is 35.9 Å². The maximum absolute atomic E-state index is 3.68. The highest BCUT2D eigenvalue weighted by atomic mass is 14.9. The molecule has 0 spiro atoms. The molecule has 1 rings (SSSR count). The van der Waals surface area contributed by atoms with E-state index in [9.17, 15) is 0 Å². The van der Waals surface area contributed by atoms with Crippen LogP contribution in [0, 0.1) is 5.92 Å². The highest BCUT2D eigenvalue weighted by molar-refractivity contribution is 5.14. The van der Waals surface area contributed by atoms with Crippen LogP contribution >= 0.6 is 0 Å². The second kappa shape index (κ2) is 8.30. The minimum Gasteiger partial charge on any atom is -0.314 e. The molecule has 0 aliphatic carbocycles. The Balaban J connectivity index is 2.24. The average molecular weight is 233 g/mol. The summed E-state index contributed by atoms with van der Waals surface area (Å²) >= 11 is 0. The van der Waals surface area contributed by atoms with Crippen molar-refractivity contribution in [2.45, 2.75) is 52.5 Å². The first-order valence-corrected chi connectivity index (χ1v) is 7.03. The van der Waals surface area contributed by atoms with Crippen LogP contribution in [0.15, 0.2) is 30.3 Å². The van der Waals surface area contributed by atoms with E-state index in [0.29, 0.717) is 6.04 Å². The third-order valence-electron chi connectivity index (χ3n) is 3.57. The maximum atomic E-state index is 3.68. The van der Waals surface area contributed by atoms with Crippen molar-refractivity contribution >= 4 is 0 Å². The lowest BCUT2D eigenvalue weighted by Crippen LogP contribution is -2.31. The van der Waals surface area contributed by atoms with E-state index in [1.54, 1.807) is 0 Å². The molecule has 0 aliphatic heterocycles. The van der Waals surface area contributed by atoms with E-state index in [2.05, 4.69) is 56.4 Å². The fraction of sp³-hybridized carbons (Fsp3) is 0.625. The molecule has 0 heterocycles. The van der Waals surface area contributed by atoms with Gasteiger partial charge in [0, 0.05) is 6.04 Å². The van der Waals surface area contributed by atoms with Crippen molar-refractivity contribution < 1.29 is 0 Å². The Hall–Kier alpha value is -0.820. The van der Waals surface area contributed by atoms with E-state index in [1.807, 2.05) is 0 Å². The van der Waals surface area contributed by atoms with Crippen molar-refractivity contribution in [2.75, 3.05) is 6.54 Å². The van der Waals surface area contributed by atoms with Gasteiger partial charge in [-0.1, -0.05) is 57.5 Å². The van der Waals surface area contributed by atoms with Gasteiger partial charge in [-0.05, 0) is 37.3 Å². The van der Waals surface area contributed by atoms with Crippen LogP contribution in [0.4, 0.5) is 0 Å². The molecule has 0 saturated heterocycles. The second-order valence-electron chi connectivity index (χ2n) is 5.04. The molecule has 0 fully saturated rings. The number of hydrogen-bond acceptors (Lipinski definition) is 1. The van der Waals surface area contributed by atoms with Crippen LogP contribution < -0.4 is 5.32 Å². The third-order valence-corrected chi connectivity index (χ3v) is 3.57. The first-order chi connectivity index (χ1) is 8.26. The number of hydrogen-bond donors (Lipinski definition) is 1. The molecular formula is C16H27N. The van der Waals surface area contributed by atoms with Gasteiger partial charge in [-0.2, -0.15) is 0 Å². The lowest BCUT2D eigenvalue weighted by atomic mass is 9.97. The summed E-state index contributed by atoms with van der Waals surface area (Å²) in [5, 5.41) is 3.68. The lowest BCUT2D eigenvalue weighted by Gasteiger charge is -2.20. The summed E-state index contributed by atoms with van der Waals surface area (Å²) < 4.78 is 0. The summed E-state index contributed by atoms with van der Waals surface area (Å²) in [7, 11) is 0. The van der Waals surface area contributed by atoms with Crippen molar-refractivity contribution in [1.29, 1.82) is 0 Å². The van der Waals surface area contributed by atoms with E-state index in [1.165, 1.54) is 24.8 Å². The number of rotatable bonds is 8. The summed E-state index contributed by atoms with van der Waals surface area (Å²) in [5.41, 5.74) is 1.43. The minimum absolute atomic E-state index is 0.689. The Morgan fingerprint density at radius 1 is 1.06 bits per heavy atom. The predicted octanol–water partition coefficient (Wildman–Crippen LogP) is 4.03. The summed E-state index contributed by atoms with van der Waals surface area (Å²) in [6.07, 6.45) is 4.97. The Morgan fingerprint density at radius 3 is 2.35 bits per heavy atom. The van der Waals surface area contributed by atoms with Gasteiger partial charge in [0.25, 0.3) is 0 Å². The molecule has 0 aliphatic rings. The molecular weight excluding hydrogens is 206 g/mol. The topological polar surface area (TPSA) is 12.0 Å². The van der Waals surface area contributed by atoms with Crippen LogP contribution in [-0.2, 0) is 6.42 Å². The zero-order valence-corrected chi connectivity index (χ0v) is 11.6. The van der Waals surface area contributed by atoms with Crippen LogP contribution in [0.1, 0.15) is 45.6 Å². The number of benzene rings is 1. The van der Waals surface area contributed by atoms with Crippen LogP contribution in [0.2, 0.25) is 0 Å². The second-order valence-corrected chi connectivity index (χ2v) is 5.04. The quantitative estimate of drug-likeness (QED) is 0.714. The molecule has 0 radical (unpaired) electrons. The van der Waals surface area contributed by atoms with Gasteiger partial charge in [0.15, 0.2) is 0 Å². The third kappa shape index (κ3) is 5.88. The van der Waals surface area contributed by atoms with Crippen molar-refractivity contribution in [2.24, 2.45) is 5.92 Å². The van der Waals surface area contributed by atoms with Gasteiger partial charge in [-0.15, -0.1) is 0 Å². The van der Waals surface area contributed by atoms with Gasteiger partial charge < -0.3 is 5.32 Å². The monoisotopic (exact) mass is 233 g/mol. The van der Waals surface area contributed by atoms with Crippen molar-refractivity contribution in [1.82, 2.24) is 5.32 Å². The molecule has 0 aromatic heterocycles. The Labute approximate surface area is 107 Å². The van der Waals surface area contributed by atoms with E-state index >= 15 is 0 Å². The van der Waals surface area contributed by atoms with Gasteiger partial charge in [0.2, 0.25) is 0 Å². The predicted molar refractivity (Wildman–Crippen MR) is 76.3 cm³/mol. The Morgan fingerprint density at radius 2 is 1.76 bits per heavy atom. The molecule has 96 valence electrons. The maximum Gasteiger partial charge on any atom is 0.00671 e. The van der Waals surface area contributed by atoms with Crippen molar-refractivity contribution in [3.8, 4) is 0 Å². The van der Waals surface area contributed by atoms with Crippen LogP contribution in [0.5, 0.6) is 0 Å². The van der Waals surface area contributed by atoms with Gasteiger partial charge in [0.05, 0.1) is 0 Å². The standard InChI is InChI=1S/C16H27N/c1-4-14(3)13-16(5-2)17-12-11-15-9-7-6-8-10-15/h6-10,14,16-17H,4-5,11-13H2,1-3H3. The van der Waals surface area contributed by atoms with Crippen LogP contribution in [0.3, 0.4) is 0 Å². The summed E-state index contributed by atoms with van der Waals surface area (Å²) in [4.78, 5) is 0. The zero-order valence-electron chi connectivity index (χ0n) is 11.6. The lowest BCUT2D eigenvalue weighted by molar-refractivity contribution is 0.387. The van der Waals surface area contributed by atoms with E-state index in [4.69, 9.17) is 0 Å².